The molecule has 0 spiro atoms. The second-order valence-corrected chi connectivity index (χ2v) is 2.26. The largest absolute Gasteiger partial charge is 0.456 e. The van der Waals surface area contributed by atoms with Crippen LogP contribution in [0, 0.1) is 5.92 Å². The van der Waals surface area contributed by atoms with E-state index in [0.717, 1.165) is 0 Å². The lowest BCUT2D eigenvalue weighted by Gasteiger charge is -2.01. The number of ether oxygens (including phenoxy) is 1. The van der Waals surface area contributed by atoms with Crippen LogP contribution in [0.25, 0.3) is 0 Å². The molecule has 0 aromatic rings. The van der Waals surface area contributed by atoms with Gasteiger partial charge in [0, 0.05) is 0 Å². The first-order chi connectivity index (χ1) is 4.13. The predicted molar refractivity (Wildman–Crippen MR) is 29.7 cm³/mol. The highest BCUT2D eigenvalue weighted by molar-refractivity contribution is 6.36. The van der Waals surface area contributed by atoms with E-state index in [2.05, 4.69) is 4.74 Å². The maximum Gasteiger partial charge on any atom is 0.375 e. The van der Waals surface area contributed by atoms with Gasteiger partial charge in [0.1, 0.15) is 6.10 Å². The van der Waals surface area contributed by atoms with Crippen molar-refractivity contribution in [1.29, 1.82) is 0 Å². The Labute approximate surface area is 53.0 Å². The number of carbonyl (C=O) groups excluding carboxylic acids is 2. The molecule has 2 atom stereocenters. The Morgan fingerprint density at radius 3 is 2.00 bits per heavy atom. The second kappa shape index (κ2) is 1.83. The predicted octanol–water partition coefficient (Wildman–Crippen LogP) is 0.137. The zero-order valence-electron chi connectivity index (χ0n) is 5.38. The molecule has 1 rings (SSSR count). The molecule has 1 aliphatic heterocycles. The molecule has 0 N–H and O–H groups in total. The van der Waals surface area contributed by atoms with Crippen molar-refractivity contribution in [3.63, 3.8) is 0 Å². The molecular weight excluding hydrogens is 120 g/mol. The molecule has 0 aliphatic carbocycles. The van der Waals surface area contributed by atoms with Crippen molar-refractivity contribution >= 4 is 11.8 Å². The van der Waals surface area contributed by atoms with E-state index in [1.165, 1.54) is 0 Å². The standard InChI is InChI=1S/C6H8O3/c1-3-4(2)9-6(8)5(3)7/h3-4H,1-2H3/t3?,4-/m1/s1. The third-order valence-corrected chi connectivity index (χ3v) is 1.61. The molecule has 1 saturated heterocycles. The highest BCUT2D eigenvalue weighted by Crippen LogP contribution is 2.16. The topological polar surface area (TPSA) is 43.4 Å². The van der Waals surface area contributed by atoms with Crippen molar-refractivity contribution in [3.05, 3.63) is 0 Å². The maximum atomic E-state index is 10.6. The lowest BCUT2D eigenvalue weighted by molar-refractivity contribution is -0.148. The van der Waals surface area contributed by atoms with Crippen LogP contribution in [0.15, 0.2) is 0 Å². The quantitative estimate of drug-likeness (QED) is 0.344. The van der Waals surface area contributed by atoms with Crippen LogP contribution in [-0.4, -0.2) is 17.9 Å². The van der Waals surface area contributed by atoms with E-state index in [1.807, 2.05) is 0 Å². The van der Waals surface area contributed by atoms with E-state index in [-0.39, 0.29) is 12.0 Å². The van der Waals surface area contributed by atoms with E-state index in [9.17, 15) is 9.59 Å². The van der Waals surface area contributed by atoms with Gasteiger partial charge < -0.3 is 4.74 Å². The molecule has 3 nitrogen and oxygen atoms in total. The fourth-order valence-corrected chi connectivity index (χ4v) is 0.728. The van der Waals surface area contributed by atoms with Crippen LogP contribution >= 0.6 is 0 Å². The lowest BCUT2D eigenvalue weighted by atomic mass is 10.1. The summed E-state index contributed by atoms with van der Waals surface area (Å²) in [5.74, 6) is -1.34. The molecule has 0 aromatic heterocycles. The molecule has 1 aliphatic rings. The van der Waals surface area contributed by atoms with E-state index in [0.29, 0.717) is 0 Å². The zero-order chi connectivity index (χ0) is 7.02. The molecular formula is C6H8O3. The maximum absolute atomic E-state index is 10.6. The third kappa shape index (κ3) is 0.823. The summed E-state index contributed by atoms with van der Waals surface area (Å²) in [4.78, 5) is 21.1. The van der Waals surface area contributed by atoms with Crippen LogP contribution in [0.5, 0.6) is 0 Å². The molecule has 0 bridgehead atoms. The molecule has 0 saturated carbocycles. The van der Waals surface area contributed by atoms with E-state index in [4.69, 9.17) is 0 Å². The summed E-state index contributed by atoms with van der Waals surface area (Å²) in [6.07, 6.45) is -0.231. The van der Waals surface area contributed by atoms with Crippen LogP contribution in [0.3, 0.4) is 0 Å². The molecule has 0 aromatic carbocycles. The number of esters is 1. The number of hydrogen-bond donors (Lipinski definition) is 0. The van der Waals surface area contributed by atoms with Crippen LogP contribution < -0.4 is 0 Å². The van der Waals surface area contributed by atoms with Crippen LogP contribution in [0.4, 0.5) is 0 Å². The summed E-state index contributed by atoms with van der Waals surface area (Å²) in [7, 11) is 0. The molecule has 1 heterocycles. The number of cyclic esters (lactones) is 1. The first kappa shape index (κ1) is 6.26. The summed E-state index contributed by atoms with van der Waals surface area (Å²) in [6, 6.07) is 0. The summed E-state index contributed by atoms with van der Waals surface area (Å²) in [5.41, 5.74) is 0. The smallest absolute Gasteiger partial charge is 0.375 e. The van der Waals surface area contributed by atoms with Gasteiger partial charge in [-0.1, -0.05) is 6.92 Å². The van der Waals surface area contributed by atoms with E-state index >= 15 is 0 Å². The minimum Gasteiger partial charge on any atom is -0.456 e. The Morgan fingerprint density at radius 2 is 1.89 bits per heavy atom. The van der Waals surface area contributed by atoms with Crippen LogP contribution in [-0.2, 0) is 14.3 Å². The van der Waals surface area contributed by atoms with E-state index in [1.54, 1.807) is 13.8 Å². The minimum atomic E-state index is -0.685. The van der Waals surface area contributed by atoms with Gasteiger partial charge in [0.05, 0.1) is 5.92 Å². The van der Waals surface area contributed by atoms with Crippen LogP contribution in [0.2, 0.25) is 0 Å². The monoisotopic (exact) mass is 128 g/mol. The zero-order valence-corrected chi connectivity index (χ0v) is 5.38. The Morgan fingerprint density at radius 1 is 1.33 bits per heavy atom. The first-order valence-corrected chi connectivity index (χ1v) is 2.87. The Bertz CT molecular complexity index is 162. The van der Waals surface area contributed by atoms with Gasteiger partial charge in [-0.05, 0) is 6.92 Å². The van der Waals surface area contributed by atoms with Gasteiger partial charge >= 0.3 is 5.97 Å². The average Bonchev–Trinajstić information content (AvgIpc) is 1.98. The minimum absolute atomic E-state index is 0.231. The number of ketones is 1. The normalized spacial score (nSPS) is 34.9. The lowest BCUT2D eigenvalue weighted by Crippen LogP contribution is -2.13. The van der Waals surface area contributed by atoms with Gasteiger partial charge in [0.15, 0.2) is 0 Å². The van der Waals surface area contributed by atoms with Gasteiger partial charge in [0.2, 0.25) is 5.78 Å². The van der Waals surface area contributed by atoms with Crippen molar-refractivity contribution < 1.29 is 14.3 Å². The third-order valence-electron chi connectivity index (χ3n) is 1.61. The molecule has 50 valence electrons. The number of Topliss-reactive ketones (excluding diaryl/α,β-unsaturated/α-hetero) is 1. The van der Waals surface area contributed by atoms with Gasteiger partial charge in [0.25, 0.3) is 0 Å². The molecule has 1 fully saturated rings. The van der Waals surface area contributed by atoms with Crippen molar-refractivity contribution in [3.8, 4) is 0 Å². The summed E-state index contributed by atoms with van der Waals surface area (Å²) < 4.78 is 4.60. The van der Waals surface area contributed by atoms with E-state index < -0.39 is 11.8 Å². The number of hydrogen-bond acceptors (Lipinski definition) is 3. The molecule has 0 amide bonds. The van der Waals surface area contributed by atoms with Gasteiger partial charge in [-0.25, -0.2) is 4.79 Å². The Kier molecular flexibility index (Phi) is 1.27. The van der Waals surface area contributed by atoms with Crippen molar-refractivity contribution in [1.82, 2.24) is 0 Å². The van der Waals surface area contributed by atoms with Crippen LogP contribution in [0.1, 0.15) is 13.8 Å². The molecule has 3 heteroatoms. The SMILES string of the molecule is CC1C(=O)C(=O)O[C@@H]1C. The second-order valence-electron chi connectivity index (χ2n) is 2.26. The molecule has 1 unspecified atom stereocenters. The summed E-state index contributed by atoms with van der Waals surface area (Å²) in [6.45, 7) is 3.41. The fourth-order valence-electron chi connectivity index (χ4n) is 0.728. The summed E-state index contributed by atoms with van der Waals surface area (Å²) >= 11 is 0. The Balaban J connectivity index is 2.77. The molecule has 9 heavy (non-hydrogen) atoms. The van der Waals surface area contributed by atoms with Crippen molar-refractivity contribution in [2.45, 2.75) is 20.0 Å². The molecule has 0 radical (unpaired) electrons. The number of rotatable bonds is 0. The van der Waals surface area contributed by atoms with Gasteiger partial charge in [-0.15, -0.1) is 0 Å². The number of carbonyl (C=O) groups is 2. The van der Waals surface area contributed by atoms with Gasteiger partial charge in [-0.2, -0.15) is 0 Å². The first-order valence-electron chi connectivity index (χ1n) is 2.87. The highest BCUT2D eigenvalue weighted by Gasteiger charge is 2.37. The van der Waals surface area contributed by atoms with Crippen molar-refractivity contribution in [2.75, 3.05) is 0 Å². The van der Waals surface area contributed by atoms with Crippen molar-refractivity contribution in [2.24, 2.45) is 5.92 Å². The Hall–Kier alpha value is -0.860. The summed E-state index contributed by atoms with van der Waals surface area (Å²) in [5, 5.41) is 0. The highest BCUT2D eigenvalue weighted by atomic mass is 16.6. The average molecular weight is 128 g/mol. The fraction of sp³-hybridized carbons (Fsp3) is 0.667. The van der Waals surface area contributed by atoms with Gasteiger partial charge in [-0.3, -0.25) is 4.79 Å².